The highest BCUT2D eigenvalue weighted by molar-refractivity contribution is 6.00. The highest BCUT2D eigenvalue weighted by atomic mass is 16.3. The first kappa shape index (κ1) is 79.6. The van der Waals surface area contributed by atoms with E-state index in [1.54, 1.807) is 82.4 Å². The Hall–Kier alpha value is -7.64. The van der Waals surface area contributed by atoms with Crippen molar-refractivity contribution >= 4 is 81.8 Å². The van der Waals surface area contributed by atoms with Crippen LogP contribution in [0.25, 0.3) is 10.9 Å². The number of benzene rings is 1. The fraction of sp³-hybridized carbons (Fsp3) is 0.701. The van der Waals surface area contributed by atoms with Crippen molar-refractivity contribution in [2.75, 3.05) is 76.0 Å². The van der Waals surface area contributed by atoms with E-state index in [0.29, 0.717) is 24.8 Å². The van der Waals surface area contributed by atoms with E-state index in [9.17, 15) is 53.1 Å². The number of fused-ring (bicyclic) bond motifs is 1. The molecule has 0 saturated carbocycles. The molecule has 3 rings (SSSR count). The van der Waals surface area contributed by atoms with Crippen LogP contribution in [-0.4, -0.2) is 257 Å². The third kappa shape index (κ3) is 19.5. The van der Waals surface area contributed by atoms with E-state index >= 15 is 9.59 Å². The van der Waals surface area contributed by atoms with E-state index in [-0.39, 0.29) is 6.42 Å². The summed E-state index contributed by atoms with van der Waals surface area (Å²) in [6.45, 7) is 23.9. The second kappa shape index (κ2) is 35.0. The molecule has 1 aromatic heterocycles. The van der Waals surface area contributed by atoms with Gasteiger partial charge in [-0.2, -0.15) is 0 Å². The zero-order valence-electron chi connectivity index (χ0n) is 59.6. The maximum absolute atomic E-state index is 15.2. The molecule has 1 saturated heterocycles. The smallest absolute Gasteiger partial charge is 0.248 e. The van der Waals surface area contributed by atoms with Crippen LogP contribution in [0.5, 0.6) is 0 Å². The van der Waals surface area contributed by atoms with Crippen molar-refractivity contribution in [3.8, 4) is 0 Å². The van der Waals surface area contributed by atoms with Crippen LogP contribution in [0.1, 0.15) is 129 Å². The van der Waals surface area contributed by atoms with Gasteiger partial charge >= 0.3 is 0 Å². The predicted molar refractivity (Wildman–Crippen MR) is 355 cm³/mol. The van der Waals surface area contributed by atoms with Crippen LogP contribution in [0.2, 0.25) is 0 Å². The molecule has 26 nitrogen and oxygen atoms in total. The minimum atomic E-state index is -1.59. The fourth-order valence-electron chi connectivity index (χ4n) is 12.4. The highest BCUT2D eigenvalue weighted by Gasteiger charge is 2.46. The number of likely N-dealkylation sites (N-methyl/N-ethyl adjacent to an activating group) is 8. The number of aromatic amines is 1. The minimum Gasteiger partial charge on any atom is -0.391 e. The normalized spacial score (nSPS) is 25.8. The van der Waals surface area contributed by atoms with E-state index in [0.717, 1.165) is 25.6 Å². The third-order valence-corrected chi connectivity index (χ3v) is 18.6. The predicted octanol–water partition coefficient (Wildman–Crippen LogP) is 2.32. The Bertz CT molecular complexity index is 2970. The number of H-pyrrole nitrogens is 1. The van der Waals surface area contributed by atoms with Gasteiger partial charge in [-0.15, -0.1) is 0 Å². The lowest BCUT2D eigenvalue weighted by Gasteiger charge is -2.40. The molecular weight excluding hydrogens is 1190 g/mol. The highest BCUT2D eigenvalue weighted by Crippen LogP contribution is 2.26. The molecule has 1 aromatic carbocycles. The van der Waals surface area contributed by atoms with Gasteiger partial charge in [0, 0.05) is 79.9 Å². The zero-order valence-corrected chi connectivity index (χ0v) is 59.6. The van der Waals surface area contributed by atoms with Crippen LogP contribution >= 0.6 is 0 Å². The summed E-state index contributed by atoms with van der Waals surface area (Å²) in [6, 6.07) is -4.06. The van der Waals surface area contributed by atoms with Crippen molar-refractivity contribution in [3.63, 3.8) is 0 Å². The zero-order chi connectivity index (χ0) is 71.1. The molecular formula is C67H111N13O13. The molecule has 93 heavy (non-hydrogen) atoms. The Labute approximate surface area is 551 Å². The molecule has 1 fully saturated rings. The summed E-state index contributed by atoms with van der Waals surface area (Å²) in [5.74, 6) is -12.2. The fourth-order valence-corrected chi connectivity index (χ4v) is 12.4. The van der Waals surface area contributed by atoms with Crippen molar-refractivity contribution in [2.45, 2.75) is 190 Å². The molecule has 0 aliphatic carbocycles. The van der Waals surface area contributed by atoms with E-state index in [2.05, 4.69) is 26.3 Å². The Morgan fingerprint density at radius 1 is 0.441 bits per heavy atom. The summed E-state index contributed by atoms with van der Waals surface area (Å²) < 4.78 is 0. The summed E-state index contributed by atoms with van der Waals surface area (Å²) in [7, 11) is 11.1. The van der Waals surface area contributed by atoms with E-state index in [1.165, 1.54) is 87.8 Å². The Kier molecular flexibility index (Phi) is 30.0. The van der Waals surface area contributed by atoms with E-state index in [4.69, 9.17) is 0 Å². The van der Waals surface area contributed by atoms with Crippen molar-refractivity contribution in [1.29, 1.82) is 0 Å². The lowest BCUT2D eigenvalue weighted by molar-refractivity contribution is -0.157. The van der Waals surface area contributed by atoms with Gasteiger partial charge in [0.05, 0.1) is 25.7 Å². The number of nitrogens with zero attached hydrogens (tertiary/aromatic N) is 8. The van der Waals surface area contributed by atoms with Gasteiger partial charge in [-0.25, -0.2) is 0 Å². The first-order valence-corrected chi connectivity index (χ1v) is 32.7. The number of para-hydroxylation sites is 1. The van der Waals surface area contributed by atoms with Crippen LogP contribution in [0.4, 0.5) is 0 Å². The number of aliphatic hydroxyl groups excluding tert-OH is 1. The molecule has 1 aliphatic rings. The van der Waals surface area contributed by atoms with Crippen LogP contribution in [0.15, 0.2) is 30.5 Å². The van der Waals surface area contributed by atoms with Gasteiger partial charge in [-0.3, -0.25) is 57.5 Å². The first-order chi connectivity index (χ1) is 43.2. The molecule has 13 atom stereocenters. The molecule has 26 heteroatoms. The molecule has 1 aliphatic heterocycles. The third-order valence-electron chi connectivity index (χ3n) is 18.6. The largest absolute Gasteiger partial charge is 0.391 e. The number of carbonyl (C=O) groups is 12. The summed E-state index contributed by atoms with van der Waals surface area (Å²) in [5, 5.41) is 23.2. The van der Waals surface area contributed by atoms with Crippen LogP contribution in [-0.2, 0) is 64.0 Å². The molecule has 6 N–H and O–H groups in total. The number of aromatic nitrogens is 1. The molecule has 522 valence electrons. The van der Waals surface area contributed by atoms with Gasteiger partial charge in [0.15, 0.2) is 0 Å². The average Bonchev–Trinajstić information content (AvgIpc) is 1.01. The van der Waals surface area contributed by atoms with Gasteiger partial charge in [-0.05, 0) is 60.0 Å². The SMILES string of the molecule is CC[C@H](C)[C@@H]1NC(=O)[C@H](C(C)C)N(C)C(=O)[C@H](Cc2c[nH]c3ccccc23)NC(=O)CN(C)C(=O)[C@H]([C@@H](C)CC)N(C)C(=O)[C@@H](C(C)C)NC(=O)CNC(=O)[C@H](C(C)C)N(C)C(=O)[C@H]([C@@H](C)CC)N(C)C(=O)CN(C)C(=O)[C@H]([C@@H](C)O)N(C)C(=O)[C@@H](C(C)C)N(C)C1=O. The summed E-state index contributed by atoms with van der Waals surface area (Å²) in [4.78, 5) is 188. The van der Waals surface area contributed by atoms with Crippen LogP contribution < -0.4 is 21.3 Å². The van der Waals surface area contributed by atoms with Gasteiger partial charge in [0.1, 0.15) is 54.4 Å². The quantitative estimate of drug-likeness (QED) is 0.168. The lowest BCUT2D eigenvalue weighted by atomic mass is 9.93. The minimum absolute atomic E-state index is 0.0688. The first-order valence-electron chi connectivity index (χ1n) is 32.7. The molecule has 0 unspecified atom stereocenters. The number of hydrogen-bond acceptors (Lipinski definition) is 13. The van der Waals surface area contributed by atoms with Gasteiger partial charge in [0.25, 0.3) is 0 Å². The molecule has 2 heterocycles. The van der Waals surface area contributed by atoms with Crippen LogP contribution in [0, 0.1) is 41.4 Å². The lowest BCUT2D eigenvalue weighted by Crippen LogP contribution is -2.63. The van der Waals surface area contributed by atoms with Crippen molar-refractivity contribution in [2.24, 2.45) is 41.4 Å². The van der Waals surface area contributed by atoms with Crippen molar-refractivity contribution in [1.82, 2.24) is 65.5 Å². The molecule has 0 radical (unpaired) electrons. The van der Waals surface area contributed by atoms with Crippen LogP contribution in [0.3, 0.4) is 0 Å². The monoisotopic (exact) mass is 1310 g/mol. The maximum Gasteiger partial charge on any atom is 0.248 e. The second-order valence-electron chi connectivity index (χ2n) is 27.1. The molecule has 12 amide bonds. The number of amides is 12. The molecule has 2 aromatic rings. The van der Waals surface area contributed by atoms with E-state index < -0.39 is 192 Å². The Morgan fingerprint density at radius 2 is 0.882 bits per heavy atom. The summed E-state index contributed by atoms with van der Waals surface area (Å²) in [6.07, 6.45) is 1.33. The van der Waals surface area contributed by atoms with E-state index in [1.807, 2.05) is 45.0 Å². The number of hydrogen-bond donors (Lipinski definition) is 6. The van der Waals surface area contributed by atoms with Crippen molar-refractivity contribution < 1.29 is 62.6 Å². The molecule has 0 spiro atoms. The summed E-state index contributed by atoms with van der Waals surface area (Å²) >= 11 is 0. The molecule has 0 bridgehead atoms. The number of rotatable bonds is 13. The Balaban J connectivity index is 2.29. The second-order valence-corrected chi connectivity index (χ2v) is 27.1. The van der Waals surface area contributed by atoms with Crippen molar-refractivity contribution in [3.05, 3.63) is 36.0 Å². The number of carbonyl (C=O) groups excluding carboxylic acids is 12. The Morgan fingerprint density at radius 3 is 1.40 bits per heavy atom. The maximum atomic E-state index is 15.2. The van der Waals surface area contributed by atoms with Gasteiger partial charge in [0.2, 0.25) is 70.9 Å². The van der Waals surface area contributed by atoms with Gasteiger partial charge in [-0.1, -0.05) is 134 Å². The average molecular weight is 1310 g/mol. The number of aliphatic hydroxyl groups is 1. The summed E-state index contributed by atoms with van der Waals surface area (Å²) in [5.41, 5.74) is 1.41. The standard InChI is InChI=1S/C67H111N13O13/c1-24-40(12)52-63(89)78(21)55(39(10)11)66(92)80(23)58(43(15)81)65(91)74(17)35-50(84)75(18)57(42(14)26-3)67(93)77(20)53(37(6)7)59(85)69-33-48(82)71-51(36(4)5)62(88)79(22)56(41(13)25-2)64(90)73(16)34-49(83)70-47(31-44-32-68-46-30-28-27-29-45(44)46)61(87)76(19)54(38(8)9)60(86)72-52/h27-30,32,36-43,47,51-58,68,81H,24-26,31,33-35H2,1-23H3,(H,69,85)(H,70,83)(H,71,82)(H,72,86)/t40-,41-,42-,43+,47-,51+,52-,53-,54-,55+,56-,57-,58-/m0/s1. The van der Waals surface area contributed by atoms with Gasteiger partial charge < -0.3 is 70.6 Å². The number of nitrogens with one attached hydrogen (secondary N) is 5. The topological polar surface area (TPSA) is 315 Å².